The quantitative estimate of drug-likeness (QED) is 0.506. The van der Waals surface area contributed by atoms with Gasteiger partial charge >= 0.3 is 0 Å². The molecule has 0 rings (SSSR count). The van der Waals surface area contributed by atoms with E-state index in [0.29, 0.717) is 0 Å². The molecule has 76 valence electrons. The first kappa shape index (κ1) is 17.7. The fourth-order valence-corrected chi connectivity index (χ4v) is 0.479. The Morgan fingerprint density at radius 3 is 1.83 bits per heavy atom. The van der Waals surface area contributed by atoms with Crippen LogP contribution in [0.15, 0.2) is 12.2 Å². The molecule has 0 amide bonds. The maximum atomic E-state index is 3.79. The predicted molar refractivity (Wildman–Crippen MR) is 60.7 cm³/mol. The summed E-state index contributed by atoms with van der Waals surface area (Å²) in [6.45, 7) is 18.1. The second kappa shape index (κ2) is 22.4. The first-order valence-electron chi connectivity index (χ1n) is 5.12. The Morgan fingerprint density at radius 1 is 1.17 bits per heavy atom. The van der Waals surface area contributed by atoms with Gasteiger partial charge < -0.3 is 5.32 Å². The van der Waals surface area contributed by atoms with Crippen LogP contribution in [0.1, 0.15) is 48.0 Å². The lowest BCUT2D eigenvalue weighted by molar-refractivity contribution is 0.714. The largest absolute Gasteiger partial charge is 0.317 e. The van der Waals surface area contributed by atoms with Crippen LogP contribution in [0.5, 0.6) is 0 Å². The number of nitrogens with one attached hydrogen (secondary N) is 1. The van der Waals surface area contributed by atoms with Crippen LogP contribution in [0.3, 0.4) is 0 Å². The normalized spacial score (nSPS) is 7.17. The average Bonchev–Trinajstić information content (AvgIpc) is 2.12. The number of rotatable bonds is 4. The van der Waals surface area contributed by atoms with E-state index in [4.69, 9.17) is 0 Å². The Hall–Kier alpha value is -0.300. The third-order valence-corrected chi connectivity index (χ3v) is 0.979. The number of hydrogen-bond acceptors (Lipinski definition) is 1. The zero-order valence-corrected chi connectivity index (χ0v) is 9.83. The summed E-state index contributed by atoms with van der Waals surface area (Å²) in [7, 11) is 0. The van der Waals surface area contributed by atoms with Crippen LogP contribution >= 0.6 is 0 Å². The molecule has 1 heteroatoms. The zero-order chi connectivity index (χ0) is 10.4. The molecule has 0 fully saturated rings. The van der Waals surface area contributed by atoms with Crippen LogP contribution in [0.4, 0.5) is 0 Å². The highest BCUT2D eigenvalue weighted by atomic mass is 14.8. The standard InChI is InChI=1S/C7H15N.2C2H6/c1-4-8-6-5-7(2)3;2*1-2/h8H,2,4-6H2,1,3H3;2*1-2H3. The van der Waals surface area contributed by atoms with Crippen molar-refractivity contribution in [1.82, 2.24) is 5.32 Å². The highest BCUT2D eigenvalue weighted by Gasteiger charge is 1.82. The van der Waals surface area contributed by atoms with E-state index in [2.05, 4.69) is 25.7 Å². The van der Waals surface area contributed by atoms with Gasteiger partial charge in [-0.25, -0.2) is 0 Å². The Bertz CT molecular complexity index is 67.4. The summed E-state index contributed by atoms with van der Waals surface area (Å²) in [5, 5.41) is 3.22. The predicted octanol–water partition coefficient (Wildman–Crippen LogP) is 3.61. The molecule has 0 bridgehead atoms. The van der Waals surface area contributed by atoms with Crippen LogP contribution in [-0.2, 0) is 0 Å². The molecule has 0 heterocycles. The van der Waals surface area contributed by atoms with Gasteiger partial charge in [0.1, 0.15) is 0 Å². The van der Waals surface area contributed by atoms with Crippen molar-refractivity contribution >= 4 is 0 Å². The smallest absolute Gasteiger partial charge is 0.00119 e. The minimum Gasteiger partial charge on any atom is -0.317 e. The summed E-state index contributed by atoms with van der Waals surface area (Å²) < 4.78 is 0. The van der Waals surface area contributed by atoms with Crippen molar-refractivity contribution in [3.63, 3.8) is 0 Å². The Labute approximate surface area is 79.3 Å². The Balaban J connectivity index is -0.000000175. The molecule has 0 radical (unpaired) electrons. The second-order valence-electron chi connectivity index (χ2n) is 2.06. The maximum Gasteiger partial charge on any atom is -0.00119 e. The summed E-state index contributed by atoms with van der Waals surface area (Å²) >= 11 is 0. The van der Waals surface area contributed by atoms with E-state index in [0.717, 1.165) is 19.5 Å². The van der Waals surface area contributed by atoms with Gasteiger partial charge in [0.15, 0.2) is 0 Å². The van der Waals surface area contributed by atoms with E-state index in [1.165, 1.54) is 5.57 Å². The molecule has 0 aliphatic carbocycles. The SMILES string of the molecule is C=C(C)CCNCC.CC.CC. The molecule has 0 aliphatic heterocycles. The molecule has 1 N–H and O–H groups in total. The van der Waals surface area contributed by atoms with Gasteiger partial charge in [0.2, 0.25) is 0 Å². The first-order valence-corrected chi connectivity index (χ1v) is 5.12. The van der Waals surface area contributed by atoms with Crippen molar-refractivity contribution < 1.29 is 0 Å². The third kappa shape index (κ3) is 33.2. The highest BCUT2D eigenvalue weighted by molar-refractivity contribution is 4.87. The minimum absolute atomic E-state index is 1.06. The van der Waals surface area contributed by atoms with Gasteiger partial charge in [0.25, 0.3) is 0 Å². The monoisotopic (exact) mass is 173 g/mol. The van der Waals surface area contributed by atoms with E-state index < -0.39 is 0 Å². The lowest BCUT2D eigenvalue weighted by atomic mass is 10.2. The Kier molecular flexibility index (Phi) is 33.1. The fourth-order valence-electron chi connectivity index (χ4n) is 0.479. The molecule has 0 aromatic carbocycles. The minimum atomic E-state index is 1.06. The second-order valence-corrected chi connectivity index (χ2v) is 2.06. The lowest BCUT2D eigenvalue weighted by Gasteiger charge is -1.98. The van der Waals surface area contributed by atoms with E-state index in [1.54, 1.807) is 0 Å². The molecule has 0 aromatic rings. The van der Waals surface area contributed by atoms with Crippen LogP contribution in [0.25, 0.3) is 0 Å². The molecule has 1 nitrogen and oxygen atoms in total. The highest BCUT2D eigenvalue weighted by Crippen LogP contribution is 1.90. The van der Waals surface area contributed by atoms with Crippen LogP contribution in [-0.4, -0.2) is 13.1 Å². The van der Waals surface area contributed by atoms with Gasteiger partial charge in [-0.3, -0.25) is 0 Å². The van der Waals surface area contributed by atoms with Crippen LogP contribution in [0.2, 0.25) is 0 Å². The molecule has 0 saturated carbocycles. The summed E-state index contributed by atoms with van der Waals surface area (Å²) in [6, 6.07) is 0. The molecule has 0 spiro atoms. The molecule has 12 heavy (non-hydrogen) atoms. The molecular formula is C11H27N. The van der Waals surface area contributed by atoms with Crippen molar-refractivity contribution in [3.05, 3.63) is 12.2 Å². The third-order valence-electron chi connectivity index (χ3n) is 0.979. The average molecular weight is 173 g/mol. The fraction of sp³-hybridized carbons (Fsp3) is 0.818. The van der Waals surface area contributed by atoms with Crippen molar-refractivity contribution in [1.29, 1.82) is 0 Å². The molecule has 0 saturated heterocycles. The summed E-state index contributed by atoms with van der Waals surface area (Å²) in [4.78, 5) is 0. The summed E-state index contributed by atoms with van der Waals surface area (Å²) in [6.07, 6.45) is 1.10. The molecule has 0 aliphatic rings. The molecule has 0 unspecified atom stereocenters. The van der Waals surface area contributed by atoms with Crippen LogP contribution < -0.4 is 5.32 Å². The topological polar surface area (TPSA) is 12.0 Å². The van der Waals surface area contributed by atoms with Crippen LogP contribution in [0, 0.1) is 0 Å². The van der Waals surface area contributed by atoms with Crippen molar-refractivity contribution in [2.75, 3.05) is 13.1 Å². The molecule has 0 aromatic heterocycles. The van der Waals surface area contributed by atoms with E-state index in [1.807, 2.05) is 27.7 Å². The van der Waals surface area contributed by atoms with Gasteiger partial charge in [0.05, 0.1) is 0 Å². The first-order chi connectivity index (χ1) is 5.77. The van der Waals surface area contributed by atoms with Gasteiger partial charge in [-0.1, -0.05) is 40.2 Å². The zero-order valence-electron chi connectivity index (χ0n) is 9.83. The van der Waals surface area contributed by atoms with E-state index in [9.17, 15) is 0 Å². The van der Waals surface area contributed by atoms with Gasteiger partial charge in [-0.2, -0.15) is 0 Å². The van der Waals surface area contributed by atoms with E-state index >= 15 is 0 Å². The lowest BCUT2D eigenvalue weighted by Crippen LogP contribution is -2.13. The number of hydrogen-bond donors (Lipinski definition) is 1. The maximum absolute atomic E-state index is 3.79. The van der Waals surface area contributed by atoms with Crippen molar-refractivity contribution in [2.45, 2.75) is 48.0 Å². The van der Waals surface area contributed by atoms with Gasteiger partial charge in [0, 0.05) is 0 Å². The summed E-state index contributed by atoms with van der Waals surface area (Å²) in [5.74, 6) is 0. The van der Waals surface area contributed by atoms with E-state index in [-0.39, 0.29) is 0 Å². The summed E-state index contributed by atoms with van der Waals surface area (Å²) in [5.41, 5.74) is 1.26. The molecule has 0 atom stereocenters. The van der Waals surface area contributed by atoms with Gasteiger partial charge in [-0.05, 0) is 26.4 Å². The van der Waals surface area contributed by atoms with Crippen molar-refractivity contribution in [3.8, 4) is 0 Å². The van der Waals surface area contributed by atoms with Gasteiger partial charge in [-0.15, -0.1) is 6.58 Å². The van der Waals surface area contributed by atoms with Crippen molar-refractivity contribution in [2.24, 2.45) is 0 Å². The Morgan fingerprint density at radius 2 is 1.58 bits per heavy atom. The molecular weight excluding hydrogens is 146 g/mol.